The molecule has 4 rings (SSSR count). The summed E-state index contributed by atoms with van der Waals surface area (Å²) in [6.45, 7) is 1.28. The number of carbonyl (C=O) groups excluding carboxylic acids is 2. The number of benzene rings is 1. The molecule has 1 aromatic rings. The van der Waals surface area contributed by atoms with E-state index in [1.807, 2.05) is 0 Å². The second-order valence-electron chi connectivity index (χ2n) is 6.67. The summed E-state index contributed by atoms with van der Waals surface area (Å²) in [7, 11) is 0. The Morgan fingerprint density at radius 1 is 1.28 bits per heavy atom. The number of ether oxygens (including phenoxy) is 1. The molecule has 7 nitrogen and oxygen atoms in total. The minimum absolute atomic E-state index is 0.0133. The average Bonchev–Trinajstić information content (AvgIpc) is 3.14. The zero-order valence-corrected chi connectivity index (χ0v) is 13.9. The van der Waals surface area contributed by atoms with Gasteiger partial charge in [-0.2, -0.15) is 0 Å². The van der Waals surface area contributed by atoms with Gasteiger partial charge in [0, 0.05) is 0 Å². The third-order valence-electron chi connectivity index (χ3n) is 5.24. The molecule has 3 aliphatic heterocycles. The van der Waals surface area contributed by atoms with Crippen molar-refractivity contribution in [2.75, 3.05) is 11.5 Å². The molecular formula is C17H14ClNO6. The van der Waals surface area contributed by atoms with Crippen molar-refractivity contribution in [2.24, 2.45) is 11.8 Å². The molecule has 2 amide bonds. The van der Waals surface area contributed by atoms with E-state index < -0.39 is 47.4 Å². The number of rotatable bonds is 3. The highest BCUT2D eigenvalue weighted by Crippen LogP contribution is 2.57. The summed E-state index contributed by atoms with van der Waals surface area (Å²) in [6.07, 6.45) is 3.33. The smallest absolute Gasteiger partial charge is 0.337 e. The zero-order valence-electron chi connectivity index (χ0n) is 13.1. The Labute approximate surface area is 147 Å². The van der Waals surface area contributed by atoms with Gasteiger partial charge < -0.3 is 14.9 Å². The number of aromatic carboxylic acids is 1. The molecule has 1 aromatic carbocycles. The number of aliphatic hydroxyl groups is 1. The summed E-state index contributed by atoms with van der Waals surface area (Å²) in [6, 6.07) is 3.96. The van der Waals surface area contributed by atoms with Gasteiger partial charge in [0.05, 0.1) is 40.3 Å². The average molecular weight is 364 g/mol. The minimum Gasteiger partial charge on any atom is -0.478 e. The van der Waals surface area contributed by atoms with Gasteiger partial charge in [-0.3, -0.25) is 9.59 Å². The summed E-state index contributed by atoms with van der Waals surface area (Å²) in [5, 5.41) is 19.0. The van der Waals surface area contributed by atoms with Crippen LogP contribution in [-0.2, 0) is 14.3 Å². The molecule has 3 heterocycles. The predicted octanol–water partition coefficient (Wildman–Crippen LogP) is 1.23. The number of anilines is 1. The second-order valence-corrected chi connectivity index (χ2v) is 7.08. The van der Waals surface area contributed by atoms with Crippen LogP contribution >= 0.6 is 11.6 Å². The van der Waals surface area contributed by atoms with Crippen molar-refractivity contribution in [3.05, 3.63) is 40.9 Å². The molecule has 130 valence electrons. The van der Waals surface area contributed by atoms with Crippen LogP contribution in [0.5, 0.6) is 0 Å². The van der Waals surface area contributed by atoms with Crippen LogP contribution in [0, 0.1) is 11.8 Å². The van der Waals surface area contributed by atoms with Crippen LogP contribution < -0.4 is 4.90 Å². The lowest BCUT2D eigenvalue weighted by atomic mass is 9.73. The maximum Gasteiger partial charge on any atom is 0.337 e. The van der Waals surface area contributed by atoms with Crippen molar-refractivity contribution in [3.63, 3.8) is 0 Å². The molecular weight excluding hydrogens is 350 g/mol. The molecule has 25 heavy (non-hydrogen) atoms. The predicted molar refractivity (Wildman–Crippen MR) is 86.3 cm³/mol. The van der Waals surface area contributed by atoms with Gasteiger partial charge in [0.1, 0.15) is 5.60 Å². The lowest BCUT2D eigenvalue weighted by Crippen LogP contribution is -2.43. The van der Waals surface area contributed by atoms with Gasteiger partial charge in [-0.15, -0.1) is 0 Å². The number of hydrogen-bond acceptors (Lipinski definition) is 5. The Bertz CT molecular complexity index is 867. The summed E-state index contributed by atoms with van der Waals surface area (Å²) in [5.41, 5.74) is -2.25. The van der Waals surface area contributed by atoms with E-state index in [1.54, 1.807) is 19.1 Å². The number of halogens is 1. The van der Waals surface area contributed by atoms with Crippen LogP contribution in [0.2, 0.25) is 5.02 Å². The summed E-state index contributed by atoms with van der Waals surface area (Å²) in [5.74, 6) is -3.85. The largest absolute Gasteiger partial charge is 0.478 e. The van der Waals surface area contributed by atoms with Crippen LogP contribution in [0.3, 0.4) is 0 Å². The van der Waals surface area contributed by atoms with E-state index in [4.69, 9.17) is 16.3 Å². The molecule has 0 saturated carbocycles. The van der Waals surface area contributed by atoms with Crippen molar-refractivity contribution in [1.29, 1.82) is 0 Å². The fourth-order valence-corrected chi connectivity index (χ4v) is 4.31. The maximum absolute atomic E-state index is 13.0. The lowest BCUT2D eigenvalue weighted by molar-refractivity contribution is -0.131. The molecule has 0 aliphatic carbocycles. The number of carboxylic acids is 1. The van der Waals surface area contributed by atoms with Crippen molar-refractivity contribution < 1.29 is 29.3 Å². The second kappa shape index (κ2) is 4.91. The summed E-state index contributed by atoms with van der Waals surface area (Å²) < 4.78 is 5.83. The number of carbonyl (C=O) groups is 3. The highest BCUT2D eigenvalue weighted by atomic mass is 35.5. The van der Waals surface area contributed by atoms with E-state index in [0.717, 1.165) is 4.90 Å². The molecule has 0 radical (unpaired) electrons. The Kier molecular flexibility index (Phi) is 3.19. The first-order chi connectivity index (χ1) is 11.7. The van der Waals surface area contributed by atoms with Gasteiger partial charge in [0.15, 0.2) is 0 Å². The Hall–Kier alpha value is -2.22. The monoisotopic (exact) mass is 363 g/mol. The number of amides is 2. The third-order valence-corrected chi connectivity index (χ3v) is 5.57. The van der Waals surface area contributed by atoms with Crippen LogP contribution in [0.15, 0.2) is 30.4 Å². The molecule has 0 aromatic heterocycles. The zero-order chi connectivity index (χ0) is 18.1. The maximum atomic E-state index is 13.0. The van der Waals surface area contributed by atoms with Crippen LogP contribution in [0.25, 0.3) is 0 Å². The first-order valence-corrected chi connectivity index (χ1v) is 8.04. The molecule has 2 fully saturated rings. The molecule has 8 heteroatoms. The van der Waals surface area contributed by atoms with Crippen molar-refractivity contribution in [1.82, 2.24) is 0 Å². The van der Waals surface area contributed by atoms with E-state index in [-0.39, 0.29) is 16.3 Å². The fraction of sp³-hybridized carbons (Fsp3) is 0.353. The quantitative estimate of drug-likeness (QED) is 0.618. The first kappa shape index (κ1) is 16.3. The number of imide groups is 1. The van der Waals surface area contributed by atoms with E-state index in [9.17, 15) is 24.6 Å². The minimum atomic E-state index is -1.25. The van der Waals surface area contributed by atoms with E-state index >= 15 is 0 Å². The molecule has 4 atom stereocenters. The number of nitrogens with zero attached hydrogens (tertiary/aromatic N) is 1. The van der Waals surface area contributed by atoms with E-state index in [0.29, 0.717) is 0 Å². The number of aliphatic hydroxyl groups excluding tert-OH is 1. The van der Waals surface area contributed by atoms with Crippen molar-refractivity contribution in [2.45, 2.75) is 18.1 Å². The molecule has 0 spiro atoms. The number of hydrogen-bond donors (Lipinski definition) is 2. The molecule has 2 N–H and O–H groups in total. The van der Waals surface area contributed by atoms with E-state index in [2.05, 4.69) is 0 Å². The highest BCUT2D eigenvalue weighted by Gasteiger charge is 2.72. The Balaban J connectivity index is 1.81. The van der Waals surface area contributed by atoms with Crippen LogP contribution in [-0.4, -0.2) is 45.8 Å². The Morgan fingerprint density at radius 3 is 2.60 bits per heavy atom. The van der Waals surface area contributed by atoms with Gasteiger partial charge in [0.25, 0.3) is 0 Å². The number of fused-ring (bicyclic) bond motifs is 5. The molecule has 2 saturated heterocycles. The van der Waals surface area contributed by atoms with Crippen LogP contribution in [0.4, 0.5) is 5.69 Å². The summed E-state index contributed by atoms with van der Waals surface area (Å²) >= 11 is 5.86. The normalized spacial score (nSPS) is 35.6. The SMILES string of the molecule is C[C@@]12C=C[C@](CO)(O1)[C@@H]1C(=O)N(c3ccc(Cl)c(C(=O)O)c3)C(=O)[C@@H]12. The van der Waals surface area contributed by atoms with Gasteiger partial charge >= 0.3 is 5.97 Å². The highest BCUT2D eigenvalue weighted by molar-refractivity contribution is 6.34. The van der Waals surface area contributed by atoms with Gasteiger partial charge in [-0.1, -0.05) is 23.8 Å². The lowest BCUT2D eigenvalue weighted by Gasteiger charge is -2.27. The molecule has 3 aliphatic rings. The molecule has 0 unspecified atom stereocenters. The van der Waals surface area contributed by atoms with Gasteiger partial charge in [-0.25, -0.2) is 9.69 Å². The van der Waals surface area contributed by atoms with Gasteiger partial charge in [0.2, 0.25) is 11.8 Å². The Morgan fingerprint density at radius 2 is 1.96 bits per heavy atom. The van der Waals surface area contributed by atoms with E-state index in [1.165, 1.54) is 18.2 Å². The third kappa shape index (κ3) is 1.91. The van der Waals surface area contributed by atoms with Crippen molar-refractivity contribution in [3.8, 4) is 0 Å². The standard InChI is InChI=1S/C17H14ClNO6/c1-16-4-5-17(7-20,25-16)12-11(16)13(21)19(14(12)22)8-2-3-10(18)9(6-8)15(23)24/h2-6,11-12,20H,7H2,1H3,(H,23,24)/t11-,12+,16+,17-/m1/s1. The van der Waals surface area contributed by atoms with Crippen molar-refractivity contribution >= 4 is 35.1 Å². The molecule has 2 bridgehead atoms. The first-order valence-electron chi connectivity index (χ1n) is 7.66. The topological polar surface area (TPSA) is 104 Å². The van der Waals surface area contributed by atoms with Crippen LogP contribution in [0.1, 0.15) is 17.3 Å². The van der Waals surface area contributed by atoms with Gasteiger partial charge in [-0.05, 0) is 25.1 Å². The summed E-state index contributed by atoms with van der Waals surface area (Å²) in [4.78, 5) is 38.1. The fourth-order valence-electron chi connectivity index (χ4n) is 4.11. The number of carboxylic acid groups (broad SMARTS) is 1.